The standard InChI is InChI=1S/C17H21N3O2/c1-12(14-7-8-14)18-19-17(22)15-9-16(21)20(11-15)10-13-5-3-2-4-6-13/h2-6,14-15H,7-11H2,1H3,(H,19,22)/b18-12+. The van der Waals surface area contributed by atoms with Crippen molar-refractivity contribution >= 4 is 17.5 Å². The zero-order valence-electron chi connectivity index (χ0n) is 12.8. The number of hydrazone groups is 1. The summed E-state index contributed by atoms with van der Waals surface area (Å²) in [5.74, 6) is 0.128. The molecule has 1 aromatic carbocycles. The van der Waals surface area contributed by atoms with Gasteiger partial charge in [0.1, 0.15) is 0 Å². The largest absolute Gasteiger partial charge is 0.338 e. The first-order valence-electron chi connectivity index (χ1n) is 7.79. The van der Waals surface area contributed by atoms with Crippen molar-refractivity contribution in [1.29, 1.82) is 0 Å². The molecule has 3 rings (SSSR count). The van der Waals surface area contributed by atoms with E-state index in [1.165, 1.54) is 0 Å². The van der Waals surface area contributed by atoms with Crippen LogP contribution in [0.2, 0.25) is 0 Å². The molecular formula is C17H21N3O2. The summed E-state index contributed by atoms with van der Waals surface area (Å²) < 4.78 is 0. The van der Waals surface area contributed by atoms with Gasteiger partial charge in [-0.15, -0.1) is 0 Å². The Labute approximate surface area is 130 Å². The van der Waals surface area contributed by atoms with Gasteiger partial charge in [0, 0.05) is 25.2 Å². The fourth-order valence-electron chi connectivity index (χ4n) is 2.73. The molecule has 1 aromatic rings. The molecule has 0 spiro atoms. The highest BCUT2D eigenvalue weighted by Gasteiger charge is 2.34. The Morgan fingerprint density at radius 2 is 2.00 bits per heavy atom. The topological polar surface area (TPSA) is 61.8 Å². The second-order valence-corrected chi connectivity index (χ2v) is 6.16. The minimum Gasteiger partial charge on any atom is -0.338 e. The lowest BCUT2D eigenvalue weighted by Gasteiger charge is -2.16. The van der Waals surface area contributed by atoms with Crippen molar-refractivity contribution in [2.75, 3.05) is 6.54 Å². The first-order chi connectivity index (χ1) is 10.6. The Kier molecular flexibility index (Phi) is 4.22. The Morgan fingerprint density at radius 3 is 2.68 bits per heavy atom. The molecule has 0 aromatic heterocycles. The lowest BCUT2D eigenvalue weighted by Crippen LogP contribution is -2.30. The Hall–Kier alpha value is -2.17. The van der Waals surface area contributed by atoms with Crippen LogP contribution in [0.1, 0.15) is 31.7 Å². The number of nitrogens with zero attached hydrogens (tertiary/aromatic N) is 2. The summed E-state index contributed by atoms with van der Waals surface area (Å²) in [6.45, 7) is 2.98. The summed E-state index contributed by atoms with van der Waals surface area (Å²) in [6, 6.07) is 9.84. The molecule has 0 bridgehead atoms. The molecule has 1 aliphatic carbocycles. The predicted molar refractivity (Wildman–Crippen MR) is 83.9 cm³/mol. The molecule has 1 saturated carbocycles. The van der Waals surface area contributed by atoms with Gasteiger partial charge in [-0.2, -0.15) is 5.10 Å². The summed E-state index contributed by atoms with van der Waals surface area (Å²) >= 11 is 0. The molecule has 1 aliphatic heterocycles. The van der Waals surface area contributed by atoms with Crippen LogP contribution in [0.15, 0.2) is 35.4 Å². The summed E-state index contributed by atoms with van der Waals surface area (Å²) in [6.07, 6.45) is 2.60. The van der Waals surface area contributed by atoms with E-state index in [0.29, 0.717) is 19.0 Å². The highest BCUT2D eigenvalue weighted by molar-refractivity contribution is 5.91. The number of carbonyl (C=O) groups excluding carboxylic acids is 2. The van der Waals surface area contributed by atoms with E-state index in [2.05, 4.69) is 10.5 Å². The third-order valence-electron chi connectivity index (χ3n) is 4.31. The van der Waals surface area contributed by atoms with Crippen molar-refractivity contribution in [3.05, 3.63) is 35.9 Å². The summed E-state index contributed by atoms with van der Waals surface area (Å²) in [4.78, 5) is 25.9. The minimum atomic E-state index is -0.299. The van der Waals surface area contributed by atoms with Crippen LogP contribution in [-0.2, 0) is 16.1 Å². The molecule has 0 radical (unpaired) electrons. The number of hydrogen-bond donors (Lipinski definition) is 1. The van der Waals surface area contributed by atoms with Gasteiger partial charge in [-0.25, -0.2) is 5.43 Å². The average Bonchev–Trinajstić information content (AvgIpc) is 3.31. The maximum absolute atomic E-state index is 12.1. The molecule has 5 heteroatoms. The fourth-order valence-corrected chi connectivity index (χ4v) is 2.73. The minimum absolute atomic E-state index is 0.0342. The Morgan fingerprint density at radius 1 is 1.27 bits per heavy atom. The first kappa shape index (κ1) is 14.8. The smallest absolute Gasteiger partial charge is 0.245 e. The van der Waals surface area contributed by atoms with Gasteiger partial charge in [-0.3, -0.25) is 9.59 Å². The summed E-state index contributed by atoms with van der Waals surface area (Å²) in [7, 11) is 0. The quantitative estimate of drug-likeness (QED) is 0.667. The second-order valence-electron chi connectivity index (χ2n) is 6.16. The van der Waals surface area contributed by atoms with Gasteiger partial charge >= 0.3 is 0 Å². The first-order valence-corrected chi connectivity index (χ1v) is 7.79. The zero-order valence-corrected chi connectivity index (χ0v) is 12.8. The number of carbonyl (C=O) groups is 2. The van der Waals surface area contributed by atoms with Gasteiger partial charge in [0.05, 0.1) is 5.92 Å². The van der Waals surface area contributed by atoms with Gasteiger partial charge < -0.3 is 4.90 Å². The predicted octanol–water partition coefficient (Wildman–Crippen LogP) is 1.94. The van der Waals surface area contributed by atoms with Gasteiger partial charge in [0.15, 0.2) is 0 Å². The van der Waals surface area contributed by atoms with E-state index in [4.69, 9.17) is 0 Å². The molecule has 1 N–H and O–H groups in total. The number of benzene rings is 1. The van der Waals surface area contributed by atoms with E-state index < -0.39 is 0 Å². The van der Waals surface area contributed by atoms with Gasteiger partial charge in [0.25, 0.3) is 0 Å². The van der Waals surface area contributed by atoms with Crippen molar-refractivity contribution in [1.82, 2.24) is 10.3 Å². The van der Waals surface area contributed by atoms with Crippen LogP contribution in [0, 0.1) is 11.8 Å². The number of nitrogens with one attached hydrogen (secondary N) is 1. The van der Waals surface area contributed by atoms with Gasteiger partial charge in [-0.1, -0.05) is 30.3 Å². The highest BCUT2D eigenvalue weighted by Crippen LogP contribution is 2.30. The van der Waals surface area contributed by atoms with Crippen molar-refractivity contribution in [2.24, 2.45) is 16.9 Å². The molecule has 116 valence electrons. The molecule has 1 unspecified atom stereocenters. The number of rotatable bonds is 5. The van der Waals surface area contributed by atoms with E-state index in [0.717, 1.165) is 24.1 Å². The molecule has 1 atom stereocenters. The zero-order chi connectivity index (χ0) is 15.5. The van der Waals surface area contributed by atoms with Crippen LogP contribution in [0.4, 0.5) is 0 Å². The second kappa shape index (κ2) is 6.30. The average molecular weight is 299 g/mol. The molecule has 1 heterocycles. The van der Waals surface area contributed by atoms with Crippen LogP contribution in [0.5, 0.6) is 0 Å². The molecule has 22 heavy (non-hydrogen) atoms. The lowest BCUT2D eigenvalue weighted by molar-refractivity contribution is -0.129. The summed E-state index contributed by atoms with van der Waals surface area (Å²) in [5, 5.41) is 4.15. The monoisotopic (exact) mass is 299 g/mol. The van der Waals surface area contributed by atoms with Crippen LogP contribution < -0.4 is 5.43 Å². The SMILES string of the molecule is C/C(=N\NC(=O)C1CC(=O)N(Cc2ccccc2)C1)C1CC1. The maximum Gasteiger partial charge on any atom is 0.245 e. The third-order valence-corrected chi connectivity index (χ3v) is 4.31. The van der Waals surface area contributed by atoms with Crippen LogP contribution >= 0.6 is 0 Å². The molecule has 1 saturated heterocycles. The van der Waals surface area contributed by atoms with Gasteiger partial charge in [-0.05, 0) is 31.2 Å². The lowest BCUT2D eigenvalue weighted by atomic mass is 10.1. The van der Waals surface area contributed by atoms with E-state index in [-0.39, 0.29) is 24.2 Å². The van der Waals surface area contributed by atoms with E-state index in [9.17, 15) is 9.59 Å². The Bertz CT molecular complexity index is 593. The number of likely N-dealkylation sites (tertiary alicyclic amines) is 1. The molecule has 2 fully saturated rings. The normalized spacial score (nSPS) is 22.0. The highest BCUT2D eigenvalue weighted by atomic mass is 16.2. The van der Waals surface area contributed by atoms with Crippen LogP contribution in [-0.4, -0.2) is 29.0 Å². The van der Waals surface area contributed by atoms with E-state index in [1.54, 1.807) is 4.90 Å². The van der Waals surface area contributed by atoms with Crippen LogP contribution in [0.3, 0.4) is 0 Å². The molecule has 5 nitrogen and oxygen atoms in total. The van der Waals surface area contributed by atoms with Crippen molar-refractivity contribution < 1.29 is 9.59 Å². The molecule has 2 amide bonds. The van der Waals surface area contributed by atoms with E-state index in [1.807, 2.05) is 37.3 Å². The van der Waals surface area contributed by atoms with Crippen molar-refractivity contribution in [3.8, 4) is 0 Å². The summed E-state index contributed by atoms with van der Waals surface area (Å²) in [5.41, 5.74) is 4.69. The van der Waals surface area contributed by atoms with Gasteiger partial charge in [0.2, 0.25) is 11.8 Å². The third kappa shape index (κ3) is 3.53. The van der Waals surface area contributed by atoms with Crippen molar-refractivity contribution in [2.45, 2.75) is 32.7 Å². The Balaban J connectivity index is 1.54. The number of hydrogen-bond acceptors (Lipinski definition) is 3. The van der Waals surface area contributed by atoms with E-state index >= 15 is 0 Å². The fraction of sp³-hybridized carbons (Fsp3) is 0.471. The maximum atomic E-state index is 12.1. The number of amides is 2. The molecular weight excluding hydrogens is 278 g/mol. The molecule has 2 aliphatic rings. The van der Waals surface area contributed by atoms with Crippen LogP contribution in [0.25, 0.3) is 0 Å². The van der Waals surface area contributed by atoms with Crippen molar-refractivity contribution in [3.63, 3.8) is 0 Å².